The molecule has 0 aliphatic heterocycles. The van der Waals surface area contributed by atoms with Crippen LogP contribution in [0.3, 0.4) is 0 Å². The molecule has 0 fully saturated rings. The van der Waals surface area contributed by atoms with E-state index in [1.165, 1.54) is 10.6 Å². The fraction of sp³-hybridized carbons (Fsp3) is 0.0400. The van der Waals surface area contributed by atoms with Crippen molar-refractivity contribution in [2.75, 3.05) is 7.11 Å². The summed E-state index contributed by atoms with van der Waals surface area (Å²) in [4.78, 5) is 28.0. The number of hydrogen-bond donors (Lipinski definition) is 1. The number of benzene rings is 3. The molecule has 4 aromatic rings. The molecule has 3 aromatic carbocycles. The molecule has 5 nitrogen and oxygen atoms in total. The van der Waals surface area contributed by atoms with Gasteiger partial charge in [-0.15, -0.1) is 0 Å². The van der Waals surface area contributed by atoms with E-state index in [4.69, 9.17) is 16.3 Å². The number of allylic oxidation sites excluding steroid dienone is 1. The highest BCUT2D eigenvalue weighted by Gasteiger charge is 2.10. The Morgan fingerprint density at radius 1 is 1.03 bits per heavy atom. The molecule has 6 heteroatoms. The zero-order chi connectivity index (χ0) is 21.8. The van der Waals surface area contributed by atoms with Crippen LogP contribution in [0.4, 0.5) is 0 Å². The van der Waals surface area contributed by atoms with Crippen LogP contribution in [-0.2, 0) is 0 Å². The number of halogens is 1. The first-order valence-corrected chi connectivity index (χ1v) is 9.96. The first kappa shape index (κ1) is 20.4. The molecule has 0 unspecified atom stereocenters. The Morgan fingerprint density at radius 3 is 2.48 bits per heavy atom. The van der Waals surface area contributed by atoms with Gasteiger partial charge in [-0.2, -0.15) is 0 Å². The monoisotopic (exact) mass is 430 g/mol. The molecule has 0 spiro atoms. The number of hydrogen-bond acceptors (Lipinski definition) is 3. The molecule has 0 saturated heterocycles. The van der Waals surface area contributed by atoms with Gasteiger partial charge in [0, 0.05) is 16.8 Å². The molecule has 0 atom stereocenters. The number of aromatic amines is 1. The van der Waals surface area contributed by atoms with Crippen LogP contribution in [0.2, 0.25) is 5.02 Å². The minimum Gasteiger partial charge on any atom is -0.497 e. The minimum absolute atomic E-state index is 0.157. The summed E-state index contributed by atoms with van der Waals surface area (Å²) in [7, 11) is 1.60. The molecule has 0 amide bonds. The van der Waals surface area contributed by atoms with Gasteiger partial charge in [-0.05, 0) is 65.7 Å². The summed E-state index contributed by atoms with van der Waals surface area (Å²) < 4.78 is 6.66. The topological polar surface area (TPSA) is 64.1 Å². The number of aromatic nitrogens is 2. The summed E-state index contributed by atoms with van der Waals surface area (Å²) in [6.45, 7) is 0. The van der Waals surface area contributed by atoms with Crippen LogP contribution in [0, 0.1) is 0 Å². The maximum atomic E-state index is 12.6. The van der Waals surface area contributed by atoms with Crippen molar-refractivity contribution in [1.82, 2.24) is 9.55 Å². The van der Waals surface area contributed by atoms with Gasteiger partial charge in [0.1, 0.15) is 5.75 Å². The number of H-pyrrole nitrogens is 1. The van der Waals surface area contributed by atoms with Crippen molar-refractivity contribution in [1.29, 1.82) is 0 Å². The maximum Gasteiger partial charge on any atom is 0.330 e. The van der Waals surface area contributed by atoms with Gasteiger partial charge in [-0.3, -0.25) is 9.36 Å². The number of nitrogens with one attached hydrogen (secondary N) is 1. The lowest BCUT2D eigenvalue weighted by Gasteiger charge is -2.04. The summed E-state index contributed by atoms with van der Waals surface area (Å²) >= 11 is 5.89. The first-order valence-electron chi connectivity index (χ1n) is 9.58. The second kappa shape index (κ2) is 8.90. The quantitative estimate of drug-likeness (QED) is 0.329. The van der Waals surface area contributed by atoms with Crippen molar-refractivity contribution >= 4 is 23.5 Å². The largest absolute Gasteiger partial charge is 0.497 e. The molecule has 4 rings (SSSR count). The highest BCUT2D eigenvalue weighted by Crippen LogP contribution is 2.21. The number of carbonyl (C=O) groups excluding carboxylic acids is 1. The van der Waals surface area contributed by atoms with E-state index in [0.717, 1.165) is 16.9 Å². The van der Waals surface area contributed by atoms with Gasteiger partial charge >= 0.3 is 5.69 Å². The van der Waals surface area contributed by atoms with Crippen LogP contribution in [0.1, 0.15) is 15.9 Å². The molecule has 0 saturated carbocycles. The first-order chi connectivity index (χ1) is 15.0. The third-order valence-electron chi connectivity index (χ3n) is 4.83. The second-order valence-electron chi connectivity index (χ2n) is 6.87. The van der Waals surface area contributed by atoms with Crippen molar-refractivity contribution in [2.45, 2.75) is 0 Å². The van der Waals surface area contributed by atoms with E-state index in [0.29, 0.717) is 22.0 Å². The summed E-state index contributed by atoms with van der Waals surface area (Å²) in [5.74, 6) is 0.583. The van der Waals surface area contributed by atoms with E-state index < -0.39 is 0 Å². The third-order valence-corrected chi connectivity index (χ3v) is 5.08. The Balaban J connectivity index is 1.59. The predicted molar refractivity (Wildman–Crippen MR) is 123 cm³/mol. The summed E-state index contributed by atoms with van der Waals surface area (Å²) in [5, 5.41) is 0.641. The number of ketones is 1. The molecular formula is C25H19ClN2O3. The highest BCUT2D eigenvalue weighted by atomic mass is 35.5. The van der Waals surface area contributed by atoms with Crippen molar-refractivity contribution in [3.05, 3.63) is 112 Å². The van der Waals surface area contributed by atoms with Crippen molar-refractivity contribution < 1.29 is 9.53 Å². The molecule has 31 heavy (non-hydrogen) atoms. The molecule has 154 valence electrons. The van der Waals surface area contributed by atoms with E-state index in [2.05, 4.69) is 4.98 Å². The average molecular weight is 431 g/mol. The van der Waals surface area contributed by atoms with Gasteiger partial charge < -0.3 is 9.72 Å². The lowest BCUT2D eigenvalue weighted by Crippen LogP contribution is -2.14. The molecule has 1 aromatic heterocycles. The number of nitrogens with zero attached hydrogens (tertiary/aromatic N) is 1. The van der Waals surface area contributed by atoms with Gasteiger partial charge in [-0.25, -0.2) is 4.79 Å². The second-order valence-corrected chi connectivity index (χ2v) is 7.31. The Bertz CT molecular complexity index is 1300. The standard InChI is InChI=1S/C25H19ClN2O3/c1-31-22-12-8-18(9-13-22)23-16-28(25(30)27-23)21-4-2-3-19(15-21)24(29)14-7-17-5-10-20(26)11-6-17/h2-16H,1H3,(H,27,30)/b14-7+. The Labute approximate surface area is 184 Å². The van der Waals surface area contributed by atoms with Crippen molar-refractivity contribution in [2.24, 2.45) is 0 Å². The van der Waals surface area contributed by atoms with E-state index in [1.54, 1.807) is 55.8 Å². The summed E-state index contributed by atoms with van der Waals surface area (Å²) in [5.41, 5.74) is 3.21. The molecule has 0 bridgehead atoms. The van der Waals surface area contributed by atoms with E-state index in [-0.39, 0.29) is 11.5 Å². The minimum atomic E-state index is -0.285. The zero-order valence-electron chi connectivity index (χ0n) is 16.7. The number of methoxy groups -OCH3 is 1. The van der Waals surface area contributed by atoms with E-state index >= 15 is 0 Å². The van der Waals surface area contributed by atoms with Gasteiger partial charge in [-0.1, -0.05) is 41.9 Å². The third kappa shape index (κ3) is 4.68. The molecule has 1 heterocycles. The smallest absolute Gasteiger partial charge is 0.330 e. The fourth-order valence-corrected chi connectivity index (χ4v) is 3.28. The maximum absolute atomic E-state index is 12.6. The summed E-state index contributed by atoms with van der Waals surface area (Å²) in [6.07, 6.45) is 4.96. The highest BCUT2D eigenvalue weighted by molar-refractivity contribution is 6.30. The van der Waals surface area contributed by atoms with Crippen molar-refractivity contribution in [3.8, 4) is 22.7 Å². The van der Waals surface area contributed by atoms with Gasteiger partial charge in [0.2, 0.25) is 0 Å². The van der Waals surface area contributed by atoms with Crippen LogP contribution < -0.4 is 10.4 Å². The molecule has 1 N–H and O–H groups in total. The number of carbonyl (C=O) groups is 1. The van der Waals surface area contributed by atoms with Crippen LogP contribution in [0.15, 0.2) is 89.9 Å². The lowest BCUT2D eigenvalue weighted by atomic mass is 10.1. The zero-order valence-corrected chi connectivity index (χ0v) is 17.5. The molecular weight excluding hydrogens is 412 g/mol. The molecule has 0 radical (unpaired) electrons. The van der Waals surface area contributed by atoms with Gasteiger partial charge in [0.25, 0.3) is 0 Å². The fourth-order valence-electron chi connectivity index (χ4n) is 3.16. The van der Waals surface area contributed by atoms with Gasteiger partial charge in [0.05, 0.1) is 18.5 Å². The Kier molecular flexibility index (Phi) is 5.87. The Morgan fingerprint density at radius 2 is 1.77 bits per heavy atom. The van der Waals surface area contributed by atoms with Crippen molar-refractivity contribution in [3.63, 3.8) is 0 Å². The average Bonchev–Trinajstić information content (AvgIpc) is 3.20. The predicted octanol–water partition coefficient (Wildman–Crippen LogP) is 5.39. The Hall–Kier alpha value is -3.83. The number of rotatable bonds is 6. The molecule has 0 aliphatic rings. The molecule has 0 aliphatic carbocycles. The van der Waals surface area contributed by atoms with Gasteiger partial charge in [0.15, 0.2) is 5.78 Å². The number of ether oxygens (including phenoxy) is 1. The van der Waals surface area contributed by atoms with Crippen LogP contribution in [-0.4, -0.2) is 22.4 Å². The van der Waals surface area contributed by atoms with Crippen LogP contribution in [0.25, 0.3) is 23.0 Å². The van der Waals surface area contributed by atoms with Crippen LogP contribution in [0.5, 0.6) is 5.75 Å². The normalized spacial score (nSPS) is 11.0. The van der Waals surface area contributed by atoms with Crippen LogP contribution >= 0.6 is 11.6 Å². The lowest BCUT2D eigenvalue weighted by molar-refractivity contribution is 0.104. The van der Waals surface area contributed by atoms with E-state index in [9.17, 15) is 9.59 Å². The summed E-state index contributed by atoms with van der Waals surface area (Å²) in [6, 6.07) is 21.6. The SMILES string of the molecule is COc1ccc(-c2cn(-c3cccc(C(=O)/C=C/c4ccc(Cl)cc4)c3)c(=O)[nH]2)cc1. The number of imidazole rings is 1. The van der Waals surface area contributed by atoms with E-state index in [1.807, 2.05) is 36.4 Å².